The van der Waals surface area contributed by atoms with Gasteiger partial charge < -0.3 is 10.2 Å². The number of likely N-dealkylation sites (tertiary alicyclic amines) is 1. The SMILES string of the molecule is Cc1ccc(CNC(=O)[C@H]2CC(=O)N(Cc3ccc(C)cc3)C2)cc1. The van der Waals surface area contributed by atoms with Gasteiger partial charge in [-0.15, -0.1) is 0 Å². The van der Waals surface area contributed by atoms with Crippen LogP contribution in [0.4, 0.5) is 0 Å². The van der Waals surface area contributed by atoms with Gasteiger partial charge in [0.2, 0.25) is 11.8 Å². The summed E-state index contributed by atoms with van der Waals surface area (Å²) in [5.41, 5.74) is 4.56. The molecular weight excluding hydrogens is 312 g/mol. The van der Waals surface area contributed by atoms with Crippen LogP contribution in [0.2, 0.25) is 0 Å². The summed E-state index contributed by atoms with van der Waals surface area (Å²) in [6.07, 6.45) is 0.297. The fraction of sp³-hybridized carbons (Fsp3) is 0.333. The first kappa shape index (κ1) is 17.2. The fourth-order valence-electron chi connectivity index (χ4n) is 3.05. The average Bonchev–Trinajstić information content (AvgIpc) is 2.97. The van der Waals surface area contributed by atoms with Crippen LogP contribution in [0.5, 0.6) is 0 Å². The normalized spacial score (nSPS) is 17.0. The van der Waals surface area contributed by atoms with Crippen LogP contribution in [0.1, 0.15) is 28.7 Å². The van der Waals surface area contributed by atoms with Gasteiger partial charge in [-0.2, -0.15) is 0 Å². The summed E-state index contributed by atoms with van der Waals surface area (Å²) in [4.78, 5) is 26.4. The summed E-state index contributed by atoms with van der Waals surface area (Å²) >= 11 is 0. The first-order chi connectivity index (χ1) is 12.0. The van der Waals surface area contributed by atoms with Crippen molar-refractivity contribution in [3.05, 3.63) is 70.8 Å². The number of hydrogen-bond acceptors (Lipinski definition) is 2. The number of carbonyl (C=O) groups excluding carboxylic acids is 2. The average molecular weight is 336 g/mol. The van der Waals surface area contributed by atoms with Gasteiger partial charge in [0.1, 0.15) is 0 Å². The Bertz CT molecular complexity index is 750. The van der Waals surface area contributed by atoms with E-state index < -0.39 is 0 Å². The van der Waals surface area contributed by atoms with Crippen molar-refractivity contribution < 1.29 is 9.59 Å². The second-order valence-electron chi connectivity index (χ2n) is 6.86. The lowest BCUT2D eigenvalue weighted by atomic mass is 10.1. The van der Waals surface area contributed by atoms with Crippen LogP contribution in [-0.2, 0) is 22.7 Å². The summed E-state index contributed by atoms with van der Waals surface area (Å²) in [6.45, 7) is 5.64. The van der Waals surface area contributed by atoms with E-state index in [1.807, 2.05) is 62.4 Å². The maximum atomic E-state index is 12.4. The van der Waals surface area contributed by atoms with Crippen molar-refractivity contribution >= 4 is 11.8 Å². The molecule has 25 heavy (non-hydrogen) atoms. The molecule has 1 atom stereocenters. The molecule has 0 aromatic heterocycles. The third-order valence-corrected chi connectivity index (χ3v) is 4.67. The van der Waals surface area contributed by atoms with Crippen LogP contribution in [0.15, 0.2) is 48.5 Å². The number of rotatable bonds is 5. The molecule has 0 unspecified atom stereocenters. The van der Waals surface area contributed by atoms with E-state index in [4.69, 9.17) is 0 Å². The molecule has 1 saturated heterocycles. The maximum Gasteiger partial charge on any atom is 0.225 e. The highest BCUT2D eigenvalue weighted by Gasteiger charge is 2.34. The predicted octanol–water partition coefficient (Wildman–Crippen LogP) is 2.97. The van der Waals surface area contributed by atoms with E-state index in [0.29, 0.717) is 26.1 Å². The number of benzene rings is 2. The molecule has 0 spiro atoms. The Morgan fingerprint density at radius 3 is 2.16 bits per heavy atom. The van der Waals surface area contributed by atoms with Crippen molar-refractivity contribution in [2.45, 2.75) is 33.4 Å². The van der Waals surface area contributed by atoms with Gasteiger partial charge >= 0.3 is 0 Å². The zero-order valence-electron chi connectivity index (χ0n) is 14.8. The number of hydrogen-bond donors (Lipinski definition) is 1. The molecule has 0 aliphatic carbocycles. The van der Waals surface area contributed by atoms with E-state index in [9.17, 15) is 9.59 Å². The molecule has 2 aromatic carbocycles. The first-order valence-corrected chi connectivity index (χ1v) is 8.68. The van der Waals surface area contributed by atoms with Gasteiger partial charge in [-0.1, -0.05) is 59.7 Å². The minimum Gasteiger partial charge on any atom is -0.352 e. The van der Waals surface area contributed by atoms with Gasteiger partial charge in [-0.25, -0.2) is 0 Å². The van der Waals surface area contributed by atoms with Crippen molar-refractivity contribution in [2.24, 2.45) is 5.92 Å². The quantitative estimate of drug-likeness (QED) is 0.912. The number of nitrogens with one attached hydrogen (secondary N) is 1. The topological polar surface area (TPSA) is 49.4 Å². The van der Waals surface area contributed by atoms with Gasteiger partial charge in [-0.3, -0.25) is 9.59 Å². The molecule has 130 valence electrons. The molecule has 2 aromatic rings. The Morgan fingerprint density at radius 1 is 1.00 bits per heavy atom. The van der Waals surface area contributed by atoms with Crippen molar-refractivity contribution in [1.29, 1.82) is 0 Å². The number of carbonyl (C=O) groups is 2. The Hall–Kier alpha value is -2.62. The van der Waals surface area contributed by atoms with Crippen LogP contribution >= 0.6 is 0 Å². The molecule has 0 radical (unpaired) electrons. The van der Waals surface area contributed by atoms with Crippen molar-refractivity contribution in [2.75, 3.05) is 6.54 Å². The lowest BCUT2D eigenvalue weighted by molar-refractivity contribution is -0.129. The van der Waals surface area contributed by atoms with Crippen LogP contribution in [0, 0.1) is 19.8 Å². The van der Waals surface area contributed by atoms with Crippen LogP contribution < -0.4 is 5.32 Å². The molecule has 0 saturated carbocycles. The molecule has 4 nitrogen and oxygen atoms in total. The van der Waals surface area contributed by atoms with Crippen LogP contribution in [0.3, 0.4) is 0 Å². The van der Waals surface area contributed by atoms with Gasteiger partial charge in [0, 0.05) is 26.1 Å². The molecule has 1 N–H and O–H groups in total. The van der Waals surface area contributed by atoms with Crippen LogP contribution in [-0.4, -0.2) is 23.3 Å². The van der Waals surface area contributed by atoms with E-state index in [0.717, 1.165) is 11.1 Å². The van der Waals surface area contributed by atoms with Gasteiger partial charge in [0.05, 0.1) is 5.92 Å². The van der Waals surface area contributed by atoms with Gasteiger partial charge in [0.15, 0.2) is 0 Å². The first-order valence-electron chi connectivity index (χ1n) is 8.68. The summed E-state index contributed by atoms with van der Waals surface area (Å²) in [7, 11) is 0. The molecule has 4 heteroatoms. The lowest BCUT2D eigenvalue weighted by Crippen LogP contribution is -2.32. The minimum atomic E-state index is -0.261. The standard InChI is InChI=1S/C21H24N2O2/c1-15-3-7-17(8-4-15)12-22-21(25)19-11-20(24)23(14-19)13-18-9-5-16(2)6-10-18/h3-10,19H,11-14H2,1-2H3,(H,22,25)/t19-/m0/s1. The minimum absolute atomic E-state index is 0.0414. The highest BCUT2D eigenvalue weighted by Crippen LogP contribution is 2.20. The second-order valence-corrected chi connectivity index (χ2v) is 6.86. The number of aryl methyl sites for hydroxylation is 2. The highest BCUT2D eigenvalue weighted by molar-refractivity contribution is 5.89. The second kappa shape index (κ2) is 7.51. The molecule has 1 aliphatic rings. The zero-order chi connectivity index (χ0) is 17.8. The van der Waals surface area contributed by atoms with Gasteiger partial charge in [0.25, 0.3) is 0 Å². The predicted molar refractivity (Wildman–Crippen MR) is 97.7 cm³/mol. The Balaban J connectivity index is 1.53. The molecular formula is C21H24N2O2. The lowest BCUT2D eigenvalue weighted by Gasteiger charge is -2.17. The fourth-order valence-corrected chi connectivity index (χ4v) is 3.05. The van der Waals surface area contributed by atoms with Crippen molar-refractivity contribution in [3.63, 3.8) is 0 Å². The largest absolute Gasteiger partial charge is 0.352 e. The van der Waals surface area contributed by atoms with E-state index >= 15 is 0 Å². The Kier molecular flexibility index (Phi) is 5.17. The summed E-state index contributed by atoms with van der Waals surface area (Å²) < 4.78 is 0. The Morgan fingerprint density at radius 2 is 1.56 bits per heavy atom. The maximum absolute atomic E-state index is 12.4. The molecule has 1 fully saturated rings. The molecule has 0 bridgehead atoms. The third-order valence-electron chi connectivity index (χ3n) is 4.67. The summed E-state index contributed by atoms with van der Waals surface area (Å²) in [5, 5.41) is 2.95. The monoisotopic (exact) mass is 336 g/mol. The summed E-state index contributed by atoms with van der Waals surface area (Å²) in [6, 6.07) is 16.2. The molecule has 3 rings (SSSR count). The van der Waals surface area contributed by atoms with Crippen LogP contribution in [0.25, 0.3) is 0 Å². The van der Waals surface area contributed by atoms with E-state index in [-0.39, 0.29) is 17.7 Å². The molecule has 1 heterocycles. The van der Waals surface area contributed by atoms with E-state index in [1.54, 1.807) is 4.90 Å². The Labute approximate surface area is 148 Å². The number of amides is 2. The highest BCUT2D eigenvalue weighted by atomic mass is 16.2. The number of nitrogens with zero attached hydrogens (tertiary/aromatic N) is 1. The summed E-state index contributed by atoms with van der Waals surface area (Å²) in [5.74, 6) is -0.250. The van der Waals surface area contributed by atoms with Gasteiger partial charge in [-0.05, 0) is 25.0 Å². The molecule has 2 amide bonds. The third kappa shape index (κ3) is 4.47. The smallest absolute Gasteiger partial charge is 0.225 e. The molecule has 1 aliphatic heterocycles. The van der Waals surface area contributed by atoms with Crippen molar-refractivity contribution in [3.8, 4) is 0 Å². The van der Waals surface area contributed by atoms with Crippen molar-refractivity contribution in [1.82, 2.24) is 10.2 Å². The zero-order valence-corrected chi connectivity index (χ0v) is 14.8. The van der Waals surface area contributed by atoms with E-state index in [1.165, 1.54) is 11.1 Å². The van der Waals surface area contributed by atoms with E-state index in [2.05, 4.69) is 5.32 Å².